The summed E-state index contributed by atoms with van der Waals surface area (Å²) in [6, 6.07) is 5.32. The Morgan fingerprint density at radius 3 is 2.63 bits per heavy atom. The molecule has 0 saturated carbocycles. The van der Waals surface area contributed by atoms with Gasteiger partial charge in [0.25, 0.3) is 0 Å². The highest BCUT2D eigenvalue weighted by Crippen LogP contribution is 2.20. The van der Waals surface area contributed by atoms with Crippen LogP contribution >= 0.6 is 23.2 Å². The van der Waals surface area contributed by atoms with Crippen LogP contribution in [0, 0.1) is 0 Å². The van der Waals surface area contributed by atoms with Gasteiger partial charge in [0.05, 0.1) is 7.11 Å². The van der Waals surface area contributed by atoms with E-state index in [-0.39, 0.29) is 12.5 Å². The second kappa shape index (κ2) is 6.08. The number of benzene rings is 1. The summed E-state index contributed by atoms with van der Waals surface area (Å²) in [6.45, 7) is 0.139. The lowest BCUT2D eigenvalue weighted by Gasteiger charge is -2.07. The highest BCUT2D eigenvalue weighted by Gasteiger charge is 2.09. The summed E-state index contributed by atoms with van der Waals surface area (Å²) in [5.74, 6) is 0.437. The van der Waals surface area contributed by atoms with Gasteiger partial charge in [0.15, 0.2) is 0 Å². The molecule has 0 spiro atoms. The molecule has 0 aliphatic carbocycles. The summed E-state index contributed by atoms with van der Waals surface area (Å²) in [5, 5.41) is 1.15. The van der Waals surface area contributed by atoms with Crippen LogP contribution in [0.25, 0.3) is 0 Å². The lowest BCUT2D eigenvalue weighted by atomic mass is 10.1. The van der Waals surface area contributed by atoms with Crippen LogP contribution in [0.1, 0.15) is 11.4 Å². The van der Waals surface area contributed by atoms with Crippen LogP contribution in [0.15, 0.2) is 30.6 Å². The van der Waals surface area contributed by atoms with Crippen molar-refractivity contribution in [3.8, 4) is 0 Å². The van der Waals surface area contributed by atoms with E-state index in [1.807, 2.05) is 12.1 Å². The zero-order valence-electron chi connectivity index (χ0n) is 10.3. The second-order valence-electron chi connectivity index (χ2n) is 4.00. The molecular weight excluding hydrogens is 287 g/mol. The Labute approximate surface area is 120 Å². The molecular formula is C13H12Cl2N2O2. The predicted molar refractivity (Wildman–Crippen MR) is 73.5 cm³/mol. The van der Waals surface area contributed by atoms with Gasteiger partial charge in [0, 0.05) is 28.9 Å². The first kappa shape index (κ1) is 13.9. The summed E-state index contributed by atoms with van der Waals surface area (Å²) >= 11 is 11.9. The average molecular weight is 299 g/mol. The molecule has 0 aliphatic rings. The molecule has 0 aliphatic heterocycles. The number of carbonyl (C=O) groups excluding carboxylic acids is 1. The third-order valence-electron chi connectivity index (χ3n) is 2.61. The van der Waals surface area contributed by atoms with Gasteiger partial charge in [-0.05, 0) is 23.8 Å². The molecule has 19 heavy (non-hydrogen) atoms. The molecule has 1 heterocycles. The van der Waals surface area contributed by atoms with Crippen LogP contribution in [0.3, 0.4) is 0 Å². The molecule has 0 radical (unpaired) electrons. The maximum atomic E-state index is 11.3. The summed E-state index contributed by atoms with van der Waals surface area (Å²) in [5.41, 5.74) is 0.940. The third kappa shape index (κ3) is 3.72. The van der Waals surface area contributed by atoms with Gasteiger partial charge in [-0.2, -0.15) is 0 Å². The SMILES string of the molecule is COC(=O)Cn1ccnc1Cc1cc(Cl)cc(Cl)c1. The molecule has 2 aromatic rings. The molecule has 0 N–H and O–H groups in total. The first-order chi connectivity index (χ1) is 9.08. The molecule has 0 saturated heterocycles. The van der Waals surface area contributed by atoms with Crippen molar-refractivity contribution in [3.05, 3.63) is 52.0 Å². The molecule has 1 aromatic heterocycles. The number of hydrogen-bond donors (Lipinski definition) is 0. The van der Waals surface area contributed by atoms with Crippen LogP contribution in [-0.2, 0) is 22.5 Å². The molecule has 1 aromatic carbocycles. The first-order valence-corrected chi connectivity index (χ1v) is 6.36. The van der Waals surface area contributed by atoms with E-state index in [1.54, 1.807) is 23.0 Å². The molecule has 0 atom stereocenters. The number of carbonyl (C=O) groups is 1. The molecule has 0 fully saturated rings. The van der Waals surface area contributed by atoms with Crippen LogP contribution in [0.2, 0.25) is 10.0 Å². The number of aromatic nitrogens is 2. The van der Waals surface area contributed by atoms with Crippen molar-refractivity contribution < 1.29 is 9.53 Å². The summed E-state index contributed by atoms with van der Waals surface area (Å²) < 4.78 is 6.37. The maximum absolute atomic E-state index is 11.3. The highest BCUT2D eigenvalue weighted by molar-refractivity contribution is 6.34. The van der Waals surface area contributed by atoms with Gasteiger partial charge >= 0.3 is 5.97 Å². The van der Waals surface area contributed by atoms with Crippen molar-refractivity contribution in [1.82, 2.24) is 9.55 Å². The van der Waals surface area contributed by atoms with Crippen molar-refractivity contribution in [2.24, 2.45) is 0 Å². The van der Waals surface area contributed by atoms with E-state index in [2.05, 4.69) is 9.72 Å². The first-order valence-electron chi connectivity index (χ1n) is 5.60. The Hall–Kier alpha value is -1.52. The van der Waals surface area contributed by atoms with Crippen LogP contribution in [0.5, 0.6) is 0 Å². The molecule has 0 bridgehead atoms. The molecule has 100 valence electrons. The number of nitrogens with zero attached hydrogens (tertiary/aromatic N) is 2. The quantitative estimate of drug-likeness (QED) is 0.815. The minimum atomic E-state index is -0.316. The van der Waals surface area contributed by atoms with Gasteiger partial charge in [0.2, 0.25) is 0 Å². The Morgan fingerprint density at radius 1 is 1.32 bits per heavy atom. The zero-order chi connectivity index (χ0) is 13.8. The smallest absolute Gasteiger partial charge is 0.325 e. The average Bonchev–Trinajstić information content (AvgIpc) is 2.75. The van der Waals surface area contributed by atoms with Crippen molar-refractivity contribution in [2.45, 2.75) is 13.0 Å². The third-order valence-corrected chi connectivity index (χ3v) is 3.05. The number of hydrogen-bond acceptors (Lipinski definition) is 3. The van der Waals surface area contributed by atoms with Crippen LogP contribution in [0.4, 0.5) is 0 Å². The number of esters is 1. The lowest BCUT2D eigenvalue weighted by molar-refractivity contribution is -0.141. The van der Waals surface area contributed by atoms with Crippen LogP contribution < -0.4 is 0 Å². The Bertz CT molecular complexity index is 576. The number of methoxy groups -OCH3 is 1. The minimum Gasteiger partial charge on any atom is -0.468 e. The van der Waals surface area contributed by atoms with Crippen molar-refractivity contribution in [3.63, 3.8) is 0 Å². The summed E-state index contributed by atoms with van der Waals surface area (Å²) in [4.78, 5) is 15.5. The summed E-state index contributed by atoms with van der Waals surface area (Å²) in [6.07, 6.45) is 3.92. The zero-order valence-corrected chi connectivity index (χ0v) is 11.8. The van der Waals surface area contributed by atoms with Crippen molar-refractivity contribution in [2.75, 3.05) is 7.11 Å². The monoisotopic (exact) mass is 298 g/mol. The fourth-order valence-corrected chi connectivity index (χ4v) is 2.32. The molecule has 0 amide bonds. The summed E-state index contributed by atoms with van der Waals surface area (Å²) in [7, 11) is 1.36. The fraction of sp³-hybridized carbons (Fsp3) is 0.231. The Kier molecular flexibility index (Phi) is 4.45. The van der Waals surface area contributed by atoms with E-state index in [9.17, 15) is 4.79 Å². The molecule has 2 rings (SSSR count). The second-order valence-corrected chi connectivity index (χ2v) is 4.87. The maximum Gasteiger partial charge on any atom is 0.325 e. The Balaban J connectivity index is 2.19. The fourth-order valence-electron chi connectivity index (χ4n) is 1.75. The number of halogens is 2. The van der Waals surface area contributed by atoms with Gasteiger partial charge in [-0.15, -0.1) is 0 Å². The van der Waals surface area contributed by atoms with Gasteiger partial charge < -0.3 is 9.30 Å². The predicted octanol–water partition coefficient (Wildman–Crippen LogP) is 2.95. The van der Waals surface area contributed by atoms with E-state index in [4.69, 9.17) is 23.2 Å². The normalized spacial score (nSPS) is 10.5. The van der Waals surface area contributed by atoms with Gasteiger partial charge in [-0.1, -0.05) is 23.2 Å². The van der Waals surface area contributed by atoms with Crippen molar-refractivity contribution >= 4 is 29.2 Å². The van der Waals surface area contributed by atoms with E-state index in [0.29, 0.717) is 16.5 Å². The van der Waals surface area contributed by atoms with E-state index < -0.39 is 0 Å². The van der Waals surface area contributed by atoms with E-state index in [1.165, 1.54) is 7.11 Å². The van der Waals surface area contributed by atoms with Crippen LogP contribution in [-0.4, -0.2) is 22.6 Å². The highest BCUT2D eigenvalue weighted by atomic mass is 35.5. The number of imidazole rings is 1. The van der Waals surface area contributed by atoms with Crippen molar-refractivity contribution in [1.29, 1.82) is 0 Å². The van der Waals surface area contributed by atoms with Gasteiger partial charge in [-0.25, -0.2) is 4.98 Å². The Morgan fingerprint density at radius 2 is 2.00 bits per heavy atom. The molecule has 6 heteroatoms. The molecule has 0 unspecified atom stereocenters. The standard InChI is InChI=1S/C13H12Cl2N2O2/c1-19-13(18)8-17-3-2-16-12(17)6-9-4-10(14)7-11(15)5-9/h2-5,7H,6,8H2,1H3. The van der Waals surface area contributed by atoms with E-state index >= 15 is 0 Å². The lowest BCUT2D eigenvalue weighted by Crippen LogP contribution is -2.13. The number of ether oxygens (including phenoxy) is 1. The van der Waals surface area contributed by atoms with Gasteiger partial charge in [-0.3, -0.25) is 4.79 Å². The largest absolute Gasteiger partial charge is 0.468 e. The molecule has 4 nitrogen and oxygen atoms in total. The van der Waals surface area contributed by atoms with Gasteiger partial charge in [0.1, 0.15) is 12.4 Å². The minimum absolute atomic E-state index is 0.139. The van der Waals surface area contributed by atoms with E-state index in [0.717, 1.165) is 11.4 Å². The topological polar surface area (TPSA) is 44.1 Å². The number of rotatable bonds is 4.